The maximum atomic E-state index is 5.47. The van der Waals surface area contributed by atoms with Gasteiger partial charge in [-0.2, -0.15) is 5.10 Å². The van der Waals surface area contributed by atoms with Gasteiger partial charge in [0.15, 0.2) is 5.11 Å². The van der Waals surface area contributed by atoms with Crippen molar-refractivity contribution in [3.63, 3.8) is 0 Å². The molecule has 1 aliphatic carbocycles. The highest BCUT2D eigenvalue weighted by Crippen LogP contribution is 2.27. The van der Waals surface area contributed by atoms with Crippen LogP contribution < -0.4 is 11.2 Å². The largest absolute Gasteiger partial charge is 0.375 e. The van der Waals surface area contributed by atoms with Gasteiger partial charge in [-0.25, -0.2) is 4.98 Å². The van der Waals surface area contributed by atoms with Crippen LogP contribution in [-0.2, 0) is 6.54 Å². The molecule has 3 rings (SSSR count). The standard InChI is InChI=1S/C17H17N5S/c18-17(23)21-20-16(11-22-10-9-19-12-22)15-7-5-14(6-8-15)4-3-13-1-2-13/h5-10,12-13H,1-2,11H2,(H3,18,21,23). The average molecular weight is 323 g/mol. The van der Waals surface area contributed by atoms with Crippen molar-refractivity contribution in [2.24, 2.45) is 16.8 Å². The van der Waals surface area contributed by atoms with Gasteiger partial charge in [-0.05, 0) is 42.8 Å². The summed E-state index contributed by atoms with van der Waals surface area (Å²) in [6, 6.07) is 8.03. The lowest BCUT2D eigenvalue weighted by Gasteiger charge is -2.08. The van der Waals surface area contributed by atoms with Gasteiger partial charge < -0.3 is 10.3 Å². The number of nitrogens with zero attached hydrogens (tertiary/aromatic N) is 3. The highest BCUT2D eigenvalue weighted by molar-refractivity contribution is 7.80. The van der Waals surface area contributed by atoms with Crippen molar-refractivity contribution < 1.29 is 0 Å². The molecule has 0 unspecified atom stereocenters. The zero-order chi connectivity index (χ0) is 16.1. The monoisotopic (exact) mass is 323 g/mol. The molecule has 116 valence electrons. The van der Waals surface area contributed by atoms with E-state index in [1.807, 2.05) is 35.0 Å². The summed E-state index contributed by atoms with van der Waals surface area (Å²) >= 11 is 4.82. The number of nitrogens with two attached hydrogens (primary N) is 1. The number of hydrogen-bond acceptors (Lipinski definition) is 3. The second-order valence-corrected chi connectivity index (χ2v) is 5.83. The first-order valence-electron chi connectivity index (χ1n) is 7.40. The fraction of sp³-hybridized carbons (Fsp3) is 0.235. The Bertz CT molecular complexity index is 762. The van der Waals surface area contributed by atoms with Crippen LogP contribution in [0.15, 0.2) is 48.1 Å². The number of aromatic nitrogens is 2. The molecule has 1 fully saturated rings. The summed E-state index contributed by atoms with van der Waals surface area (Å²) in [5.74, 6) is 7.07. The molecule has 0 atom stereocenters. The lowest BCUT2D eigenvalue weighted by molar-refractivity contribution is 0.839. The van der Waals surface area contributed by atoms with Gasteiger partial charge in [-0.1, -0.05) is 24.0 Å². The van der Waals surface area contributed by atoms with E-state index in [9.17, 15) is 0 Å². The van der Waals surface area contributed by atoms with Crippen LogP contribution in [-0.4, -0.2) is 20.4 Å². The molecule has 0 bridgehead atoms. The zero-order valence-electron chi connectivity index (χ0n) is 12.6. The summed E-state index contributed by atoms with van der Waals surface area (Å²) in [7, 11) is 0. The van der Waals surface area contributed by atoms with E-state index in [1.165, 1.54) is 12.8 Å². The smallest absolute Gasteiger partial charge is 0.184 e. The van der Waals surface area contributed by atoms with Crippen molar-refractivity contribution >= 4 is 23.0 Å². The van der Waals surface area contributed by atoms with Crippen molar-refractivity contribution in [3.05, 3.63) is 54.1 Å². The van der Waals surface area contributed by atoms with E-state index >= 15 is 0 Å². The van der Waals surface area contributed by atoms with Crippen molar-refractivity contribution in [2.75, 3.05) is 0 Å². The van der Waals surface area contributed by atoms with E-state index in [-0.39, 0.29) is 5.11 Å². The van der Waals surface area contributed by atoms with Gasteiger partial charge in [0.25, 0.3) is 0 Å². The molecule has 23 heavy (non-hydrogen) atoms. The molecule has 1 aromatic carbocycles. The lowest BCUT2D eigenvalue weighted by atomic mass is 10.1. The molecule has 5 nitrogen and oxygen atoms in total. The Morgan fingerprint density at radius 1 is 1.39 bits per heavy atom. The number of imidazole rings is 1. The summed E-state index contributed by atoms with van der Waals surface area (Å²) < 4.78 is 1.93. The Morgan fingerprint density at radius 3 is 2.78 bits per heavy atom. The molecule has 1 saturated carbocycles. The quantitative estimate of drug-likeness (QED) is 0.390. The van der Waals surface area contributed by atoms with Gasteiger partial charge in [-0.3, -0.25) is 5.43 Å². The number of thiocarbonyl (C=S) groups is 1. The Morgan fingerprint density at radius 2 is 2.17 bits per heavy atom. The van der Waals surface area contributed by atoms with Crippen molar-refractivity contribution in [2.45, 2.75) is 19.4 Å². The molecule has 0 aliphatic heterocycles. The summed E-state index contributed by atoms with van der Waals surface area (Å²) in [5.41, 5.74) is 10.9. The minimum atomic E-state index is 0.139. The molecule has 0 saturated heterocycles. The fourth-order valence-electron chi connectivity index (χ4n) is 2.03. The van der Waals surface area contributed by atoms with Crippen LogP contribution >= 0.6 is 12.2 Å². The predicted octanol–water partition coefficient (Wildman–Crippen LogP) is 1.88. The Kier molecular flexibility index (Phi) is 4.69. The molecular formula is C17H17N5S. The SMILES string of the molecule is NC(=S)NN=C(Cn1ccnc1)c1ccc(C#CC2CC2)cc1. The van der Waals surface area contributed by atoms with Gasteiger partial charge in [0.1, 0.15) is 0 Å². The first-order valence-corrected chi connectivity index (χ1v) is 7.81. The minimum absolute atomic E-state index is 0.139. The third kappa shape index (κ3) is 4.66. The number of nitrogens with one attached hydrogen (secondary N) is 1. The van der Waals surface area contributed by atoms with Gasteiger partial charge >= 0.3 is 0 Å². The van der Waals surface area contributed by atoms with E-state index < -0.39 is 0 Å². The van der Waals surface area contributed by atoms with E-state index in [4.69, 9.17) is 18.0 Å². The summed E-state index contributed by atoms with van der Waals surface area (Å²) in [6.07, 6.45) is 7.82. The van der Waals surface area contributed by atoms with Crippen LogP contribution in [0.2, 0.25) is 0 Å². The van der Waals surface area contributed by atoms with Gasteiger partial charge in [0.05, 0.1) is 18.6 Å². The molecule has 1 aromatic heterocycles. The molecule has 0 amide bonds. The summed E-state index contributed by atoms with van der Waals surface area (Å²) in [5, 5.41) is 4.44. The third-order valence-corrected chi connectivity index (χ3v) is 3.50. The third-order valence-electron chi connectivity index (χ3n) is 3.41. The van der Waals surface area contributed by atoms with E-state index in [0.717, 1.165) is 16.8 Å². The van der Waals surface area contributed by atoms with Crippen molar-refractivity contribution in [1.29, 1.82) is 0 Å². The molecular weight excluding hydrogens is 306 g/mol. The number of benzene rings is 1. The minimum Gasteiger partial charge on any atom is -0.375 e. The second kappa shape index (κ2) is 7.07. The van der Waals surface area contributed by atoms with E-state index in [1.54, 1.807) is 12.5 Å². The molecule has 0 radical (unpaired) electrons. The maximum Gasteiger partial charge on any atom is 0.184 e. The highest BCUT2D eigenvalue weighted by Gasteiger charge is 2.17. The predicted molar refractivity (Wildman–Crippen MR) is 94.7 cm³/mol. The van der Waals surface area contributed by atoms with E-state index in [2.05, 4.69) is 27.4 Å². The van der Waals surface area contributed by atoms with Gasteiger partial charge in [0, 0.05) is 23.9 Å². The Labute approximate surface area is 140 Å². The summed E-state index contributed by atoms with van der Waals surface area (Å²) in [6.45, 7) is 0.572. The van der Waals surface area contributed by atoms with Crippen LogP contribution in [0.3, 0.4) is 0 Å². The van der Waals surface area contributed by atoms with Crippen molar-refractivity contribution in [1.82, 2.24) is 15.0 Å². The molecule has 1 heterocycles. The maximum absolute atomic E-state index is 5.47. The van der Waals surface area contributed by atoms with Crippen LogP contribution in [0, 0.1) is 17.8 Å². The molecule has 0 spiro atoms. The van der Waals surface area contributed by atoms with Crippen LogP contribution in [0.5, 0.6) is 0 Å². The first kappa shape index (κ1) is 15.3. The molecule has 6 heteroatoms. The molecule has 2 aromatic rings. The Balaban J connectivity index is 1.79. The van der Waals surface area contributed by atoms with Crippen molar-refractivity contribution in [3.8, 4) is 11.8 Å². The van der Waals surface area contributed by atoms with Gasteiger partial charge in [0.2, 0.25) is 0 Å². The van der Waals surface area contributed by atoms with Crippen LogP contribution in [0.4, 0.5) is 0 Å². The summed E-state index contributed by atoms with van der Waals surface area (Å²) in [4.78, 5) is 4.04. The average Bonchev–Trinajstić information content (AvgIpc) is 3.24. The van der Waals surface area contributed by atoms with Gasteiger partial charge in [-0.15, -0.1) is 0 Å². The second-order valence-electron chi connectivity index (χ2n) is 5.39. The molecule has 3 N–H and O–H groups in total. The number of hydrazone groups is 1. The lowest BCUT2D eigenvalue weighted by Crippen LogP contribution is -2.26. The zero-order valence-corrected chi connectivity index (χ0v) is 13.4. The first-order chi connectivity index (χ1) is 11.2. The molecule has 1 aliphatic rings. The Hall–Kier alpha value is -2.65. The fourth-order valence-corrected chi connectivity index (χ4v) is 2.07. The number of rotatable bonds is 4. The number of hydrogen-bond donors (Lipinski definition) is 2. The van der Waals surface area contributed by atoms with E-state index in [0.29, 0.717) is 12.5 Å². The van der Waals surface area contributed by atoms with Crippen LogP contribution in [0.1, 0.15) is 24.0 Å². The highest BCUT2D eigenvalue weighted by atomic mass is 32.1. The topological polar surface area (TPSA) is 68.2 Å². The van der Waals surface area contributed by atoms with Crippen LogP contribution in [0.25, 0.3) is 0 Å². The normalized spacial score (nSPS) is 14.0.